The minimum Gasteiger partial charge on any atom is -0.387 e. The summed E-state index contributed by atoms with van der Waals surface area (Å²) < 4.78 is 109. The number of aryl methyl sites for hydroxylation is 1. The van der Waals surface area contributed by atoms with Gasteiger partial charge in [-0.2, -0.15) is 18.6 Å². The zero-order chi connectivity index (χ0) is 54.0. The lowest BCUT2D eigenvalue weighted by Gasteiger charge is -2.26. The van der Waals surface area contributed by atoms with Crippen molar-refractivity contribution in [2.45, 2.75) is 80.9 Å². The molecule has 3 aliphatic heterocycles. The minimum absolute atomic E-state index is 0.00859. The molecular formula is C33H48N13O24P4+. The van der Waals surface area contributed by atoms with Crippen LogP contribution in [-0.2, 0) is 71.0 Å². The molecule has 4 unspecified atom stereocenters. The predicted octanol–water partition coefficient (Wildman–Crippen LogP) is -3.63. The average molecular weight is 1130 g/mol. The van der Waals surface area contributed by atoms with Gasteiger partial charge in [-0.15, -0.1) is 0 Å². The molecule has 0 aromatic carbocycles. The van der Waals surface area contributed by atoms with Crippen LogP contribution in [0.3, 0.4) is 0 Å². The maximum atomic E-state index is 13.6. The van der Waals surface area contributed by atoms with Gasteiger partial charge in [-0.05, 0) is 12.5 Å². The van der Waals surface area contributed by atoms with Crippen LogP contribution in [0.15, 0.2) is 39.3 Å². The number of phosphoric ester groups is 3. The number of hydrogen-bond donors (Lipinski definition) is 12. The highest BCUT2D eigenvalue weighted by atomic mass is 31.3. The second kappa shape index (κ2) is 21.0. The summed E-state index contributed by atoms with van der Waals surface area (Å²) in [5.41, 5.74) is 14.3. The summed E-state index contributed by atoms with van der Waals surface area (Å²) in [4.78, 5) is 100. The highest BCUT2D eigenvalue weighted by Gasteiger charge is 2.54. The number of methoxy groups -OCH3 is 1. The van der Waals surface area contributed by atoms with Crippen molar-refractivity contribution in [2.75, 3.05) is 44.1 Å². The van der Waals surface area contributed by atoms with Gasteiger partial charge >= 0.3 is 42.6 Å². The van der Waals surface area contributed by atoms with Gasteiger partial charge in [0.05, 0.1) is 39.3 Å². The van der Waals surface area contributed by atoms with Crippen LogP contribution in [-0.4, -0.2) is 154 Å². The Kier molecular flexibility index (Phi) is 15.7. The van der Waals surface area contributed by atoms with Gasteiger partial charge in [-0.25, -0.2) is 32.6 Å². The Hall–Kier alpha value is -4.78. The van der Waals surface area contributed by atoms with E-state index in [1.54, 1.807) is 6.92 Å². The Labute approximate surface area is 411 Å². The van der Waals surface area contributed by atoms with Crippen molar-refractivity contribution in [1.29, 1.82) is 0 Å². The first-order valence-electron chi connectivity index (χ1n) is 21.3. The standard InChI is InChI=1S/C33H47N13O24P4/c1-4-12-13(65-28(19(12)47)46-11-43(2)18-25(46)40-32(36)42-27(18)51)7-63-72(55,56)69-74(59,60)70-73(57,58)64-9-15-22(23(61-3)30(67-15)44-6-5-16(34)38-33(44)52)68-71(53,54)62-8-14-20(48)21(49)29(66-14)45-10-37-17-24(45)39-31(35)41-26(17)50/h5-6,10-15,19-23,28-30,47-49H,4,7-9H2,1-3H3,(H11-,34,35,36,38,39,40,41,42,50,51,52,53,54,55,56,57,58,59,60)/p+1/t12-,13-,14-,15-,19-,20-,21-,22-,23-,28-,29-,30-/m1/s1. The van der Waals surface area contributed by atoms with Crippen molar-refractivity contribution in [3.8, 4) is 0 Å². The molecule has 3 fully saturated rings. The molecule has 37 nitrogen and oxygen atoms in total. The molecule has 5 aromatic heterocycles. The quantitative estimate of drug-likeness (QED) is 0.0264. The van der Waals surface area contributed by atoms with Crippen LogP contribution in [0.1, 0.15) is 32.0 Å². The van der Waals surface area contributed by atoms with Crippen LogP contribution in [0.2, 0.25) is 0 Å². The molecule has 0 aliphatic carbocycles. The number of imidazole rings is 2. The average Bonchev–Trinajstić information content (AvgIpc) is 4.09. The van der Waals surface area contributed by atoms with E-state index < -0.39 is 141 Å². The summed E-state index contributed by atoms with van der Waals surface area (Å²) in [6.07, 6.45) is -14.1. The van der Waals surface area contributed by atoms with E-state index in [1.165, 1.54) is 22.5 Å². The number of hydrogen-bond acceptors (Lipinski definition) is 27. The fourth-order valence-electron chi connectivity index (χ4n) is 8.44. The van der Waals surface area contributed by atoms with Crippen LogP contribution in [0.5, 0.6) is 0 Å². The number of aromatic nitrogens is 10. The van der Waals surface area contributed by atoms with Crippen LogP contribution in [0.4, 0.5) is 17.7 Å². The van der Waals surface area contributed by atoms with Crippen molar-refractivity contribution in [1.82, 2.24) is 43.6 Å². The number of rotatable bonds is 20. The van der Waals surface area contributed by atoms with Crippen LogP contribution < -0.4 is 38.6 Å². The number of ether oxygens (including phenoxy) is 4. The van der Waals surface area contributed by atoms with E-state index in [4.69, 9.17) is 54.2 Å². The second-order valence-electron chi connectivity index (χ2n) is 16.5. The highest BCUT2D eigenvalue weighted by Crippen LogP contribution is 2.68. The zero-order valence-electron chi connectivity index (χ0n) is 38.2. The summed E-state index contributed by atoms with van der Waals surface area (Å²) in [6.45, 7) is -1.57. The van der Waals surface area contributed by atoms with Crippen molar-refractivity contribution >= 4 is 71.3 Å². The number of aliphatic hydroxyl groups excluding tert-OH is 3. The predicted molar refractivity (Wildman–Crippen MR) is 240 cm³/mol. The van der Waals surface area contributed by atoms with Crippen molar-refractivity contribution in [3.63, 3.8) is 0 Å². The molecule has 0 saturated carbocycles. The number of nitrogens with two attached hydrogens (primary N) is 3. The van der Waals surface area contributed by atoms with E-state index in [0.717, 1.165) is 34.8 Å². The maximum Gasteiger partial charge on any atom is 0.490 e. The number of fused-ring (bicyclic) bond motifs is 2. The molecule has 16 atom stereocenters. The molecule has 8 heterocycles. The van der Waals surface area contributed by atoms with Gasteiger partial charge in [0.25, 0.3) is 17.1 Å². The number of aromatic amines is 2. The molecule has 41 heteroatoms. The van der Waals surface area contributed by atoms with Crippen LogP contribution >= 0.6 is 31.3 Å². The molecule has 408 valence electrons. The molecule has 3 aliphatic rings. The van der Waals surface area contributed by atoms with E-state index in [9.17, 15) is 67.5 Å². The second-order valence-corrected chi connectivity index (χ2v) is 22.5. The molecular weight excluding hydrogens is 1090 g/mol. The Morgan fingerprint density at radius 1 is 0.743 bits per heavy atom. The van der Waals surface area contributed by atoms with Crippen molar-refractivity contribution < 1.29 is 103 Å². The lowest BCUT2D eigenvalue weighted by Crippen LogP contribution is -2.45. The van der Waals surface area contributed by atoms with Gasteiger partial charge in [0.1, 0.15) is 48.5 Å². The van der Waals surface area contributed by atoms with Crippen LogP contribution in [0.25, 0.3) is 22.3 Å². The SMILES string of the molecule is CC[C@H]1[C@@H](O)[C@H]([n+]2cn(C)c3c(=O)[nH]c(N)nc32)O[C@@H]1COP(=O)(O)OP(=O)(O)OP(=O)(O)OC[C@H]1O[C@@H](n2ccc(N)nc2=O)[C@H](OC)[C@@H]1OP(=O)(O)OC[C@H]1O[C@@H](n2cnc3c(=O)[nH]c(N)nc32)[C@H](O)[C@@H]1O. The highest BCUT2D eigenvalue weighted by molar-refractivity contribution is 7.66. The Bertz CT molecular complexity index is 3300. The smallest absolute Gasteiger partial charge is 0.387 e. The van der Waals surface area contributed by atoms with Gasteiger partial charge in [0, 0.05) is 19.2 Å². The number of anilines is 3. The van der Waals surface area contributed by atoms with E-state index in [0.29, 0.717) is 0 Å². The first kappa shape index (κ1) is 55.5. The third-order valence-electron chi connectivity index (χ3n) is 11.7. The fourth-order valence-corrected chi connectivity index (χ4v) is 12.9. The largest absolute Gasteiger partial charge is 0.490 e. The maximum absolute atomic E-state index is 13.6. The lowest BCUT2D eigenvalue weighted by atomic mass is 9.95. The summed E-state index contributed by atoms with van der Waals surface area (Å²) in [5, 5.41) is 32.8. The molecule has 15 N–H and O–H groups in total. The first-order valence-corrected chi connectivity index (χ1v) is 27.3. The third-order valence-corrected chi connectivity index (χ3v) is 16.9. The van der Waals surface area contributed by atoms with Gasteiger partial charge < -0.3 is 71.0 Å². The van der Waals surface area contributed by atoms with E-state index in [-0.39, 0.29) is 46.5 Å². The fraction of sp³-hybridized carbons (Fsp3) is 0.576. The normalized spacial score (nSPS) is 30.6. The Morgan fingerprint density at radius 3 is 2.00 bits per heavy atom. The topological polar surface area (TPSA) is 533 Å². The van der Waals surface area contributed by atoms with Crippen LogP contribution in [0, 0.1) is 5.92 Å². The monoisotopic (exact) mass is 1130 g/mol. The number of nitrogen functional groups attached to an aromatic ring is 3. The van der Waals surface area contributed by atoms with E-state index in [2.05, 4.69) is 38.5 Å². The summed E-state index contributed by atoms with van der Waals surface area (Å²) in [5.74, 6) is -1.65. The molecule has 3 saturated heterocycles. The summed E-state index contributed by atoms with van der Waals surface area (Å²) in [7, 11) is -20.8. The number of phosphoric acid groups is 4. The number of nitrogens with one attached hydrogen (secondary N) is 2. The summed E-state index contributed by atoms with van der Waals surface area (Å²) >= 11 is 0. The lowest BCUT2D eigenvalue weighted by molar-refractivity contribution is -0.745. The number of aliphatic hydroxyl groups is 3. The van der Waals surface area contributed by atoms with Gasteiger partial charge in [0.15, 0.2) is 29.9 Å². The Morgan fingerprint density at radius 2 is 1.35 bits per heavy atom. The molecule has 0 radical (unpaired) electrons. The molecule has 0 amide bonds. The first-order chi connectivity index (χ1) is 34.6. The van der Waals surface area contributed by atoms with E-state index in [1.807, 2.05) is 0 Å². The third kappa shape index (κ3) is 11.5. The van der Waals surface area contributed by atoms with Crippen molar-refractivity contribution in [3.05, 3.63) is 56.1 Å². The number of nitrogens with zero attached hydrogens (tertiary/aromatic N) is 8. The van der Waals surface area contributed by atoms with Crippen molar-refractivity contribution in [2.24, 2.45) is 13.0 Å². The molecule has 8 rings (SSSR count). The molecule has 0 spiro atoms. The molecule has 0 bridgehead atoms. The minimum atomic E-state index is -6.16. The summed E-state index contributed by atoms with van der Waals surface area (Å²) in [6, 6.07) is 1.15. The van der Waals surface area contributed by atoms with Gasteiger partial charge in [-0.1, -0.05) is 11.9 Å². The zero-order valence-corrected chi connectivity index (χ0v) is 41.8. The van der Waals surface area contributed by atoms with Gasteiger partial charge in [-0.3, -0.25) is 51.4 Å². The Balaban J connectivity index is 0.921. The molecule has 5 aromatic rings. The number of H-pyrrole nitrogens is 2. The van der Waals surface area contributed by atoms with Gasteiger partial charge in [0.2, 0.25) is 17.7 Å². The van der Waals surface area contributed by atoms with E-state index >= 15 is 0 Å². The molecule has 74 heavy (non-hydrogen) atoms.